The van der Waals surface area contributed by atoms with Crippen molar-refractivity contribution in [2.45, 2.75) is 31.8 Å². The van der Waals surface area contributed by atoms with E-state index in [4.69, 9.17) is 20.3 Å². The topological polar surface area (TPSA) is 76.7 Å². The Morgan fingerprint density at radius 3 is 2.55 bits per heavy atom. The van der Waals surface area contributed by atoms with Gasteiger partial charge in [-0.1, -0.05) is 19.1 Å². The Bertz CT molecular complexity index is 399. The normalized spacial score (nSPS) is 13.8. The summed E-state index contributed by atoms with van der Waals surface area (Å²) in [6.45, 7) is 2.70. The lowest BCUT2D eigenvalue weighted by Gasteiger charge is -2.26. The summed E-state index contributed by atoms with van der Waals surface area (Å²) in [4.78, 5) is 0. The standard InChI is InChI=1S/C15H26N2O3/c1-4-11(8-9-18)17-13(10-16)12-6-5-7-14(19-2)15(12)20-3/h5-7,11,13,17-18H,4,8-10,16H2,1-3H3. The van der Waals surface area contributed by atoms with Crippen molar-refractivity contribution in [2.75, 3.05) is 27.4 Å². The first-order valence-corrected chi connectivity index (χ1v) is 6.99. The van der Waals surface area contributed by atoms with Gasteiger partial charge in [-0.15, -0.1) is 0 Å². The van der Waals surface area contributed by atoms with Crippen LogP contribution in [0.15, 0.2) is 18.2 Å². The molecule has 0 saturated carbocycles. The summed E-state index contributed by atoms with van der Waals surface area (Å²) in [5, 5.41) is 12.6. The first-order valence-electron chi connectivity index (χ1n) is 6.99. The van der Waals surface area contributed by atoms with E-state index >= 15 is 0 Å². The molecule has 0 heterocycles. The van der Waals surface area contributed by atoms with Gasteiger partial charge in [0.25, 0.3) is 0 Å². The number of nitrogens with two attached hydrogens (primary N) is 1. The Balaban J connectivity index is 2.99. The zero-order valence-electron chi connectivity index (χ0n) is 12.6. The Morgan fingerprint density at radius 1 is 1.30 bits per heavy atom. The molecule has 5 heteroatoms. The number of benzene rings is 1. The van der Waals surface area contributed by atoms with Crippen LogP contribution in [-0.2, 0) is 0 Å². The second kappa shape index (κ2) is 8.79. The van der Waals surface area contributed by atoms with Crippen molar-refractivity contribution in [1.29, 1.82) is 0 Å². The van der Waals surface area contributed by atoms with E-state index in [-0.39, 0.29) is 18.7 Å². The molecule has 1 aromatic rings. The van der Waals surface area contributed by atoms with Crippen molar-refractivity contribution in [2.24, 2.45) is 5.73 Å². The van der Waals surface area contributed by atoms with Crippen LogP contribution >= 0.6 is 0 Å². The minimum atomic E-state index is -0.0310. The Morgan fingerprint density at radius 2 is 2.05 bits per heavy atom. The highest BCUT2D eigenvalue weighted by molar-refractivity contribution is 5.48. The molecule has 4 N–H and O–H groups in total. The van der Waals surface area contributed by atoms with Crippen molar-refractivity contribution in [3.63, 3.8) is 0 Å². The molecule has 0 aliphatic rings. The van der Waals surface area contributed by atoms with E-state index in [9.17, 15) is 0 Å². The number of rotatable bonds is 9. The lowest BCUT2D eigenvalue weighted by atomic mass is 10.0. The van der Waals surface area contributed by atoms with E-state index in [1.54, 1.807) is 14.2 Å². The number of aliphatic hydroxyl groups excluding tert-OH is 1. The number of methoxy groups -OCH3 is 2. The van der Waals surface area contributed by atoms with Crippen LogP contribution in [0, 0.1) is 0 Å². The molecular weight excluding hydrogens is 256 g/mol. The first kappa shape index (κ1) is 16.8. The van der Waals surface area contributed by atoms with Gasteiger partial charge in [0, 0.05) is 30.8 Å². The van der Waals surface area contributed by atoms with Gasteiger partial charge >= 0.3 is 0 Å². The van der Waals surface area contributed by atoms with Crippen molar-refractivity contribution >= 4 is 0 Å². The molecule has 0 fully saturated rings. The van der Waals surface area contributed by atoms with Crippen molar-refractivity contribution in [1.82, 2.24) is 5.32 Å². The number of nitrogens with one attached hydrogen (secondary N) is 1. The number of hydrogen-bond acceptors (Lipinski definition) is 5. The molecule has 2 unspecified atom stereocenters. The van der Waals surface area contributed by atoms with E-state index in [0.29, 0.717) is 24.5 Å². The zero-order chi connectivity index (χ0) is 15.0. The molecule has 0 aromatic heterocycles. The summed E-state index contributed by atoms with van der Waals surface area (Å²) in [6.07, 6.45) is 1.64. The average molecular weight is 282 g/mol. The highest BCUT2D eigenvalue weighted by Gasteiger charge is 2.20. The third kappa shape index (κ3) is 4.10. The fourth-order valence-corrected chi connectivity index (χ4v) is 2.32. The molecule has 0 saturated heterocycles. The van der Waals surface area contributed by atoms with Crippen molar-refractivity contribution in [3.05, 3.63) is 23.8 Å². The van der Waals surface area contributed by atoms with Gasteiger partial charge in [-0.2, -0.15) is 0 Å². The molecule has 0 amide bonds. The summed E-state index contributed by atoms with van der Waals surface area (Å²) in [6, 6.07) is 5.97. The number of hydrogen-bond donors (Lipinski definition) is 3. The molecule has 0 aliphatic carbocycles. The molecular formula is C15H26N2O3. The first-order chi connectivity index (χ1) is 9.71. The maximum absolute atomic E-state index is 9.09. The van der Waals surface area contributed by atoms with E-state index in [1.165, 1.54) is 0 Å². The molecule has 0 radical (unpaired) electrons. The van der Waals surface area contributed by atoms with Crippen LogP contribution in [0.25, 0.3) is 0 Å². The highest BCUT2D eigenvalue weighted by Crippen LogP contribution is 2.34. The molecule has 0 bridgehead atoms. The zero-order valence-corrected chi connectivity index (χ0v) is 12.6. The van der Waals surface area contributed by atoms with Gasteiger partial charge in [0.2, 0.25) is 0 Å². The van der Waals surface area contributed by atoms with Gasteiger partial charge in [0.15, 0.2) is 11.5 Å². The second-order valence-electron chi connectivity index (χ2n) is 4.66. The smallest absolute Gasteiger partial charge is 0.165 e. The van der Waals surface area contributed by atoms with Gasteiger partial charge in [-0.3, -0.25) is 0 Å². The number of aliphatic hydroxyl groups is 1. The third-order valence-electron chi connectivity index (χ3n) is 3.45. The average Bonchev–Trinajstić information content (AvgIpc) is 2.50. The lowest BCUT2D eigenvalue weighted by molar-refractivity contribution is 0.254. The predicted octanol–water partition coefficient (Wildman–Crippen LogP) is 1.45. The molecule has 5 nitrogen and oxygen atoms in total. The minimum absolute atomic E-state index is 0.0310. The summed E-state index contributed by atoms with van der Waals surface area (Å²) in [5.41, 5.74) is 6.88. The minimum Gasteiger partial charge on any atom is -0.493 e. The Labute approximate surface area is 121 Å². The fraction of sp³-hybridized carbons (Fsp3) is 0.600. The summed E-state index contributed by atoms with van der Waals surface area (Å²) >= 11 is 0. The van der Waals surface area contributed by atoms with Crippen molar-refractivity contribution < 1.29 is 14.6 Å². The van der Waals surface area contributed by atoms with E-state index < -0.39 is 0 Å². The number of ether oxygens (including phenoxy) is 2. The summed E-state index contributed by atoms with van der Waals surface area (Å²) < 4.78 is 10.8. The molecule has 1 aromatic carbocycles. The largest absolute Gasteiger partial charge is 0.493 e. The quantitative estimate of drug-likeness (QED) is 0.639. The maximum atomic E-state index is 9.09. The predicted molar refractivity (Wildman–Crippen MR) is 80.3 cm³/mol. The van der Waals surface area contributed by atoms with Crippen LogP contribution in [0.2, 0.25) is 0 Å². The molecule has 20 heavy (non-hydrogen) atoms. The summed E-state index contributed by atoms with van der Waals surface area (Å²) in [7, 11) is 3.24. The van der Waals surface area contributed by atoms with Crippen molar-refractivity contribution in [3.8, 4) is 11.5 Å². The van der Waals surface area contributed by atoms with Crippen LogP contribution in [0.5, 0.6) is 11.5 Å². The van der Waals surface area contributed by atoms with Gasteiger partial charge in [0.05, 0.1) is 14.2 Å². The van der Waals surface area contributed by atoms with Gasteiger partial charge in [-0.05, 0) is 18.9 Å². The molecule has 0 aliphatic heterocycles. The Kier molecular flexibility index (Phi) is 7.36. The van der Waals surface area contributed by atoms with E-state index in [0.717, 1.165) is 12.0 Å². The van der Waals surface area contributed by atoms with Crippen LogP contribution in [0.3, 0.4) is 0 Å². The molecule has 0 spiro atoms. The monoisotopic (exact) mass is 282 g/mol. The summed E-state index contributed by atoms with van der Waals surface area (Å²) in [5.74, 6) is 1.40. The van der Waals surface area contributed by atoms with Crippen LogP contribution in [0.4, 0.5) is 0 Å². The second-order valence-corrected chi connectivity index (χ2v) is 4.66. The third-order valence-corrected chi connectivity index (χ3v) is 3.45. The molecule has 1 rings (SSSR count). The van der Waals surface area contributed by atoms with E-state index in [1.807, 2.05) is 18.2 Å². The Hall–Kier alpha value is -1.30. The highest BCUT2D eigenvalue weighted by atomic mass is 16.5. The van der Waals surface area contributed by atoms with Crippen LogP contribution in [0.1, 0.15) is 31.4 Å². The SMILES string of the molecule is CCC(CCO)NC(CN)c1cccc(OC)c1OC. The van der Waals surface area contributed by atoms with Crippen LogP contribution in [-0.4, -0.2) is 38.5 Å². The van der Waals surface area contributed by atoms with Gasteiger partial charge < -0.3 is 25.6 Å². The van der Waals surface area contributed by atoms with Crippen LogP contribution < -0.4 is 20.5 Å². The maximum Gasteiger partial charge on any atom is 0.165 e. The fourth-order valence-electron chi connectivity index (χ4n) is 2.32. The lowest BCUT2D eigenvalue weighted by Crippen LogP contribution is -2.37. The van der Waals surface area contributed by atoms with E-state index in [2.05, 4.69) is 12.2 Å². The molecule has 2 atom stereocenters. The number of para-hydroxylation sites is 1. The molecule has 114 valence electrons. The van der Waals surface area contributed by atoms with Gasteiger partial charge in [0.1, 0.15) is 0 Å². The van der Waals surface area contributed by atoms with Gasteiger partial charge in [-0.25, -0.2) is 0 Å².